The highest BCUT2D eigenvalue weighted by atomic mass is 32.2. The van der Waals surface area contributed by atoms with Gasteiger partial charge in [0.2, 0.25) is 0 Å². The van der Waals surface area contributed by atoms with E-state index < -0.39 is 0 Å². The number of anilines is 1. The largest absolute Gasteiger partial charge is 0.308 e. The zero-order valence-corrected chi connectivity index (χ0v) is 10.3. The Hall–Kier alpha value is -0.810. The summed E-state index contributed by atoms with van der Waals surface area (Å²) < 4.78 is 0. The van der Waals surface area contributed by atoms with Crippen LogP contribution in [0, 0.1) is 12.8 Å². The van der Waals surface area contributed by atoms with Crippen LogP contribution in [0.1, 0.15) is 25.8 Å². The first-order valence-corrected chi connectivity index (χ1v) is 6.08. The number of nitrogen functional groups attached to an aromatic ring is 1. The van der Waals surface area contributed by atoms with Gasteiger partial charge in [-0.1, -0.05) is 20.3 Å². The molecule has 5 heteroatoms. The van der Waals surface area contributed by atoms with Crippen molar-refractivity contribution in [1.82, 2.24) is 9.97 Å². The van der Waals surface area contributed by atoms with Crippen LogP contribution in [0.5, 0.6) is 0 Å². The number of aromatic nitrogens is 2. The lowest BCUT2D eigenvalue weighted by molar-refractivity contribution is 0.636. The Labute approximate surface area is 95.0 Å². The van der Waals surface area contributed by atoms with Gasteiger partial charge in [-0.2, -0.15) is 0 Å². The minimum Gasteiger partial charge on any atom is -0.308 e. The van der Waals surface area contributed by atoms with E-state index in [0.29, 0.717) is 11.7 Å². The van der Waals surface area contributed by atoms with Crippen LogP contribution in [0.2, 0.25) is 0 Å². The van der Waals surface area contributed by atoms with Crippen LogP contribution < -0.4 is 11.3 Å². The molecule has 1 unspecified atom stereocenters. The lowest BCUT2D eigenvalue weighted by atomic mass is 10.2. The summed E-state index contributed by atoms with van der Waals surface area (Å²) >= 11 is 1.76. The van der Waals surface area contributed by atoms with Gasteiger partial charge in [-0.15, -0.1) is 11.8 Å². The van der Waals surface area contributed by atoms with Gasteiger partial charge >= 0.3 is 0 Å². The second-order valence-corrected chi connectivity index (χ2v) is 4.63. The molecule has 0 aliphatic rings. The van der Waals surface area contributed by atoms with E-state index in [-0.39, 0.29) is 0 Å². The molecule has 0 saturated heterocycles. The molecular formula is C10H18N4S. The average Bonchev–Trinajstić information content (AvgIpc) is 2.27. The molecule has 4 nitrogen and oxygen atoms in total. The van der Waals surface area contributed by atoms with Crippen molar-refractivity contribution in [2.75, 3.05) is 11.2 Å². The maximum atomic E-state index is 5.35. The number of nitrogens with zero attached hydrogens (tertiary/aromatic N) is 2. The van der Waals surface area contributed by atoms with Crippen molar-refractivity contribution in [2.45, 2.75) is 32.2 Å². The Morgan fingerprint density at radius 2 is 2.27 bits per heavy atom. The Kier molecular flexibility index (Phi) is 4.84. The molecule has 1 heterocycles. The summed E-state index contributed by atoms with van der Waals surface area (Å²) in [6, 6.07) is 0. The fraction of sp³-hybridized carbons (Fsp3) is 0.600. The second kappa shape index (κ2) is 5.92. The molecule has 0 fully saturated rings. The fourth-order valence-electron chi connectivity index (χ4n) is 1.06. The van der Waals surface area contributed by atoms with E-state index in [2.05, 4.69) is 29.2 Å². The van der Waals surface area contributed by atoms with Crippen molar-refractivity contribution in [3.63, 3.8) is 0 Å². The van der Waals surface area contributed by atoms with Crippen molar-refractivity contribution in [2.24, 2.45) is 11.8 Å². The van der Waals surface area contributed by atoms with E-state index in [0.717, 1.165) is 16.3 Å². The molecule has 0 bridgehead atoms. The van der Waals surface area contributed by atoms with Gasteiger partial charge in [0.1, 0.15) is 17.2 Å². The van der Waals surface area contributed by atoms with Crippen LogP contribution in [0.3, 0.4) is 0 Å². The highest BCUT2D eigenvalue weighted by Gasteiger charge is 2.07. The number of hydrazine groups is 1. The normalized spacial score (nSPS) is 12.5. The molecule has 0 aliphatic heterocycles. The third kappa shape index (κ3) is 3.35. The molecule has 0 spiro atoms. The van der Waals surface area contributed by atoms with E-state index in [1.807, 2.05) is 6.92 Å². The second-order valence-electron chi connectivity index (χ2n) is 3.62. The topological polar surface area (TPSA) is 63.8 Å². The standard InChI is InChI=1S/C10H18N4S/c1-4-7(2)5-15-10-8(3)9(14-11)12-6-13-10/h6-7H,4-5,11H2,1-3H3,(H,12,13,14). The van der Waals surface area contributed by atoms with Gasteiger partial charge in [0.15, 0.2) is 0 Å². The molecule has 0 radical (unpaired) electrons. The molecule has 84 valence electrons. The summed E-state index contributed by atoms with van der Waals surface area (Å²) in [6.45, 7) is 6.42. The summed E-state index contributed by atoms with van der Waals surface area (Å²) in [5, 5.41) is 1.01. The van der Waals surface area contributed by atoms with Crippen LogP contribution in [0.4, 0.5) is 5.82 Å². The molecule has 0 aromatic carbocycles. The smallest absolute Gasteiger partial charge is 0.147 e. The van der Waals surface area contributed by atoms with Gasteiger partial charge in [-0.3, -0.25) is 0 Å². The van der Waals surface area contributed by atoms with Crippen molar-refractivity contribution in [1.29, 1.82) is 0 Å². The molecule has 0 amide bonds. The van der Waals surface area contributed by atoms with Crippen LogP contribution in [0.15, 0.2) is 11.4 Å². The maximum Gasteiger partial charge on any atom is 0.147 e. The predicted octanol–water partition coefficient (Wildman–Crippen LogP) is 2.21. The Morgan fingerprint density at radius 1 is 1.53 bits per heavy atom. The molecular weight excluding hydrogens is 208 g/mol. The van der Waals surface area contributed by atoms with Gasteiger partial charge in [0, 0.05) is 11.3 Å². The quantitative estimate of drug-likeness (QED) is 0.349. The summed E-state index contributed by atoms with van der Waals surface area (Å²) in [5.41, 5.74) is 3.59. The lowest BCUT2D eigenvalue weighted by Crippen LogP contribution is -2.11. The van der Waals surface area contributed by atoms with Gasteiger partial charge in [0.25, 0.3) is 0 Å². The zero-order chi connectivity index (χ0) is 11.3. The Balaban J connectivity index is 2.68. The lowest BCUT2D eigenvalue weighted by Gasteiger charge is -2.10. The maximum absolute atomic E-state index is 5.35. The minimum absolute atomic E-state index is 0.705. The first kappa shape index (κ1) is 12.3. The number of hydrogen-bond donors (Lipinski definition) is 2. The third-order valence-corrected chi connectivity index (χ3v) is 3.80. The molecule has 1 aromatic rings. The van der Waals surface area contributed by atoms with Crippen LogP contribution in [0.25, 0.3) is 0 Å². The zero-order valence-electron chi connectivity index (χ0n) is 9.45. The van der Waals surface area contributed by atoms with Crippen molar-refractivity contribution >= 4 is 17.6 Å². The van der Waals surface area contributed by atoms with Crippen LogP contribution in [-0.2, 0) is 0 Å². The van der Waals surface area contributed by atoms with E-state index in [1.54, 1.807) is 18.1 Å². The SMILES string of the molecule is CCC(C)CSc1ncnc(NN)c1C. The molecule has 0 aliphatic carbocycles. The van der Waals surface area contributed by atoms with Gasteiger partial charge in [-0.25, -0.2) is 15.8 Å². The first-order valence-electron chi connectivity index (χ1n) is 5.10. The number of rotatable bonds is 5. The van der Waals surface area contributed by atoms with Gasteiger partial charge in [0.05, 0.1) is 0 Å². The van der Waals surface area contributed by atoms with Gasteiger partial charge in [-0.05, 0) is 12.8 Å². The van der Waals surface area contributed by atoms with Crippen molar-refractivity contribution < 1.29 is 0 Å². The van der Waals surface area contributed by atoms with Crippen molar-refractivity contribution in [3.05, 3.63) is 11.9 Å². The highest BCUT2D eigenvalue weighted by molar-refractivity contribution is 7.99. The molecule has 3 N–H and O–H groups in total. The first-order chi connectivity index (χ1) is 7.19. The number of nitrogens with two attached hydrogens (primary N) is 1. The fourth-order valence-corrected chi connectivity index (χ4v) is 2.18. The average molecular weight is 226 g/mol. The third-order valence-electron chi connectivity index (χ3n) is 2.38. The highest BCUT2D eigenvalue weighted by Crippen LogP contribution is 2.25. The minimum atomic E-state index is 0.705. The van der Waals surface area contributed by atoms with E-state index in [9.17, 15) is 0 Å². The van der Waals surface area contributed by atoms with Gasteiger partial charge < -0.3 is 5.43 Å². The molecule has 15 heavy (non-hydrogen) atoms. The molecule has 1 rings (SSSR count). The number of nitrogens with one attached hydrogen (secondary N) is 1. The Bertz CT molecular complexity index is 316. The van der Waals surface area contributed by atoms with Crippen molar-refractivity contribution in [3.8, 4) is 0 Å². The summed E-state index contributed by atoms with van der Waals surface area (Å²) in [7, 11) is 0. The molecule has 1 atom stereocenters. The predicted molar refractivity (Wildman–Crippen MR) is 64.8 cm³/mol. The van der Waals surface area contributed by atoms with Crippen LogP contribution >= 0.6 is 11.8 Å². The molecule has 0 saturated carbocycles. The van der Waals surface area contributed by atoms with Crippen LogP contribution in [-0.4, -0.2) is 15.7 Å². The number of hydrogen-bond acceptors (Lipinski definition) is 5. The van der Waals surface area contributed by atoms with E-state index in [4.69, 9.17) is 5.84 Å². The van der Waals surface area contributed by atoms with E-state index >= 15 is 0 Å². The molecule has 1 aromatic heterocycles. The monoisotopic (exact) mass is 226 g/mol. The summed E-state index contributed by atoms with van der Waals surface area (Å²) in [6.07, 6.45) is 2.74. The summed E-state index contributed by atoms with van der Waals surface area (Å²) in [4.78, 5) is 8.29. The van der Waals surface area contributed by atoms with E-state index in [1.165, 1.54) is 6.42 Å². The Morgan fingerprint density at radius 3 is 2.87 bits per heavy atom. The number of thioether (sulfide) groups is 1. The summed E-state index contributed by atoms with van der Waals surface area (Å²) in [5.74, 6) is 7.85.